The van der Waals surface area contributed by atoms with Crippen molar-refractivity contribution in [3.8, 4) is 10.6 Å². The van der Waals surface area contributed by atoms with Gasteiger partial charge in [-0.15, -0.1) is 22.7 Å². The third-order valence-electron chi connectivity index (χ3n) is 3.31. The van der Waals surface area contributed by atoms with Crippen LogP contribution in [0.5, 0.6) is 0 Å². The van der Waals surface area contributed by atoms with Crippen molar-refractivity contribution < 1.29 is 12.8 Å². The Morgan fingerprint density at radius 1 is 1.21 bits per heavy atom. The van der Waals surface area contributed by atoms with Gasteiger partial charge in [0.05, 0.1) is 5.69 Å². The number of hydrogen-bond acceptors (Lipinski definition) is 5. The van der Waals surface area contributed by atoms with Gasteiger partial charge in [-0.05, 0) is 31.2 Å². The van der Waals surface area contributed by atoms with Crippen LogP contribution in [0.4, 0.5) is 4.39 Å². The van der Waals surface area contributed by atoms with Crippen molar-refractivity contribution in [3.63, 3.8) is 0 Å². The number of thiazole rings is 1. The van der Waals surface area contributed by atoms with Gasteiger partial charge in [-0.2, -0.15) is 0 Å². The number of thiophene rings is 1. The van der Waals surface area contributed by atoms with Crippen molar-refractivity contribution in [2.45, 2.75) is 17.6 Å². The summed E-state index contributed by atoms with van der Waals surface area (Å²) in [6.45, 7) is 2.11. The molecule has 2 heterocycles. The Labute approximate surface area is 148 Å². The van der Waals surface area contributed by atoms with Crippen LogP contribution in [0.3, 0.4) is 0 Å². The highest BCUT2D eigenvalue weighted by Crippen LogP contribution is 2.26. The van der Waals surface area contributed by atoms with E-state index in [4.69, 9.17) is 0 Å². The van der Waals surface area contributed by atoms with Crippen molar-refractivity contribution >= 4 is 32.7 Å². The molecule has 0 saturated heterocycles. The number of nitrogens with zero attached hydrogens (tertiary/aromatic N) is 1. The van der Waals surface area contributed by atoms with E-state index in [2.05, 4.69) is 9.71 Å². The van der Waals surface area contributed by atoms with Gasteiger partial charge in [-0.3, -0.25) is 0 Å². The summed E-state index contributed by atoms with van der Waals surface area (Å²) in [6, 6.07) is 9.85. The zero-order chi connectivity index (χ0) is 17.2. The monoisotopic (exact) mass is 382 g/mol. The number of hydrogen-bond donors (Lipinski definition) is 1. The maximum absolute atomic E-state index is 13.8. The van der Waals surface area contributed by atoms with E-state index in [1.165, 1.54) is 28.7 Å². The predicted molar refractivity (Wildman–Crippen MR) is 95.5 cm³/mol. The van der Waals surface area contributed by atoms with Crippen molar-refractivity contribution in [2.75, 3.05) is 6.54 Å². The molecule has 126 valence electrons. The Hall–Kier alpha value is -1.61. The molecular weight excluding hydrogens is 367 g/mol. The largest absolute Gasteiger partial charge is 0.250 e. The molecule has 3 rings (SSSR count). The number of benzene rings is 1. The smallest absolute Gasteiger partial charge is 0.241 e. The number of aryl methyl sites for hydroxylation is 1. The standard InChI is InChI=1S/C16H15FN2O2S3/c1-11-6-7-15(23-11)24(20,21)18-9-8-12-10-22-16(19-12)13-4-2-3-5-14(13)17/h2-7,10,18H,8-9H2,1H3. The van der Waals surface area contributed by atoms with Gasteiger partial charge in [0.15, 0.2) is 0 Å². The van der Waals surface area contributed by atoms with Crippen LogP contribution < -0.4 is 4.72 Å². The van der Waals surface area contributed by atoms with Crippen molar-refractivity contribution in [1.29, 1.82) is 0 Å². The van der Waals surface area contributed by atoms with Gasteiger partial charge in [0.1, 0.15) is 15.0 Å². The fraction of sp³-hybridized carbons (Fsp3) is 0.188. The Bertz CT molecular complexity index is 948. The number of nitrogens with one attached hydrogen (secondary N) is 1. The van der Waals surface area contributed by atoms with E-state index in [-0.39, 0.29) is 12.4 Å². The zero-order valence-electron chi connectivity index (χ0n) is 12.8. The van der Waals surface area contributed by atoms with E-state index in [1.807, 2.05) is 12.3 Å². The van der Waals surface area contributed by atoms with Crippen molar-refractivity contribution in [3.05, 3.63) is 58.2 Å². The summed E-state index contributed by atoms with van der Waals surface area (Å²) in [5.41, 5.74) is 1.20. The van der Waals surface area contributed by atoms with Crippen LogP contribution >= 0.6 is 22.7 Å². The number of halogens is 1. The van der Waals surface area contributed by atoms with Crippen LogP contribution in [-0.2, 0) is 16.4 Å². The average Bonchev–Trinajstić information content (AvgIpc) is 3.17. The minimum Gasteiger partial charge on any atom is -0.241 e. The van der Waals surface area contributed by atoms with E-state index in [9.17, 15) is 12.8 Å². The quantitative estimate of drug-likeness (QED) is 0.705. The van der Waals surface area contributed by atoms with Crippen molar-refractivity contribution in [1.82, 2.24) is 9.71 Å². The summed E-state index contributed by atoms with van der Waals surface area (Å²) >= 11 is 2.59. The number of aromatic nitrogens is 1. The Kier molecular flexibility index (Phi) is 5.09. The molecule has 0 amide bonds. The summed E-state index contributed by atoms with van der Waals surface area (Å²) < 4.78 is 40.9. The summed E-state index contributed by atoms with van der Waals surface area (Å²) in [4.78, 5) is 5.33. The summed E-state index contributed by atoms with van der Waals surface area (Å²) in [5, 5.41) is 2.42. The van der Waals surface area contributed by atoms with Gasteiger partial charge >= 0.3 is 0 Å². The number of rotatable bonds is 6. The maximum Gasteiger partial charge on any atom is 0.250 e. The van der Waals surface area contributed by atoms with Gasteiger partial charge in [0, 0.05) is 28.8 Å². The van der Waals surface area contributed by atoms with Crippen molar-refractivity contribution in [2.24, 2.45) is 0 Å². The second-order valence-electron chi connectivity index (χ2n) is 5.14. The van der Waals surface area contributed by atoms with Gasteiger partial charge in [0.2, 0.25) is 10.0 Å². The molecule has 0 aliphatic carbocycles. The van der Waals surface area contributed by atoms with Gasteiger partial charge in [-0.25, -0.2) is 22.5 Å². The zero-order valence-corrected chi connectivity index (χ0v) is 15.3. The molecule has 0 saturated carbocycles. The third-order valence-corrected chi connectivity index (χ3v) is 7.19. The summed E-state index contributed by atoms with van der Waals surface area (Å²) in [7, 11) is -3.48. The first kappa shape index (κ1) is 17.2. The van der Waals surface area contributed by atoms with E-state index in [1.54, 1.807) is 30.3 Å². The summed E-state index contributed by atoms with van der Waals surface area (Å²) in [6.07, 6.45) is 0.453. The van der Waals surface area contributed by atoms with E-state index < -0.39 is 10.0 Å². The maximum atomic E-state index is 13.8. The molecule has 1 aromatic carbocycles. The lowest BCUT2D eigenvalue weighted by atomic mass is 10.2. The molecule has 1 N–H and O–H groups in total. The van der Waals surface area contributed by atoms with Crippen LogP contribution in [0.15, 0.2) is 46.0 Å². The van der Waals surface area contributed by atoms with Crippen LogP contribution in [0, 0.1) is 12.7 Å². The van der Waals surface area contributed by atoms with E-state index in [0.717, 1.165) is 10.6 Å². The molecule has 4 nitrogen and oxygen atoms in total. The van der Waals surface area contributed by atoms with E-state index >= 15 is 0 Å². The van der Waals surface area contributed by atoms with Crippen LogP contribution in [0.1, 0.15) is 10.6 Å². The second kappa shape index (κ2) is 7.10. The molecule has 24 heavy (non-hydrogen) atoms. The molecule has 0 bridgehead atoms. The Balaban J connectivity index is 1.63. The minimum atomic E-state index is -3.48. The molecule has 0 aliphatic rings. The lowest BCUT2D eigenvalue weighted by Crippen LogP contribution is -2.25. The second-order valence-corrected chi connectivity index (χ2v) is 9.28. The van der Waals surface area contributed by atoms with Crippen LogP contribution in [-0.4, -0.2) is 19.9 Å². The van der Waals surface area contributed by atoms with Gasteiger partial charge < -0.3 is 0 Å². The third kappa shape index (κ3) is 3.89. The highest BCUT2D eigenvalue weighted by Gasteiger charge is 2.16. The average molecular weight is 383 g/mol. The minimum absolute atomic E-state index is 0.250. The molecule has 0 fully saturated rings. The molecule has 3 aromatic rings. The lowest BCUT2D eigenvalue weighted by molar-refractivity contribution is 0.583. The number of sulfonamides is 1. The Morgan fingerprint density at radius 3 is 2.71 bits per heavy atom. The molecule has 0 radical (unpaired) electrons. The molecule has 0 atom stereocenters. The van der Waals surface area contributed by atoms with Crippen LogP contribution in [0.25, 0.3) is 10.6 Å². The molecule has 0 unspecified atom stereocenters. The van der Waals surface area contributed by atoms with E-state index in [0.29, 0.717) is 21.2 Å². The lowest BCUT2D eigenvalue weighted by Gasteiger charge is -2.03. The van der Waals surface area contributed by atoms with Gasteiger partial charge in [-0.1, -0.05) is 12.1 Å². The topological polar surface area (TPSA) is 59.1 Å². The first-order valence-corrected chi connectivity index (χ1v) is 10.4. The highest BCUT2D eigenvalue weighted by molar-refractivity contribution is 7.91. The molecular formula is C16H15FN2O2S3. The summed E-state index contributed by atoms with van der Waals surface area (Å²) in [5.74, 6) is -0.313. The normalized spacial score (nSPS) is 11.8. The molecule has 0 aliphatic heterocycles. The van der Waals surface area contributed by atoms with Crippen LogP contribution in [0.2, 0.25) is 0 Å². The highest BCUT2D eigenvalue weighted by atomic mass is 32.2. The first-order chi connectivity index (χ1) is 11.5. The van der Waals surface area contributed by atoms with Gasteiger partial charge in [0.25, 0.3) is 0 Å². The fourth-order valence-corrected chi connectivity index (χ4v) is 5.36. The SMILES string of the molecule is Cc1ccc(S(=O)(=O)NCCc2csc(-c3ccccc3F)n2)s1. The Morgan fingerprint density at radius 2 is 2.00 bits per heavy atom. The predicted octanol–water partition coefficient (Wildman–Crippen LogP) is 3.84. The first-order valence-electron chi connectivity index (χ1n) is 7.21. The molecule has 2 aromatic heterocycles. The molecule has 8 heteroatoms. The fourth-order valence-electron chi connectivity index (χ4n) is 2.12. The molecule has 0 spiro atoms.